The van der Waals surface area contributed by atoms with Crippen molar-refractivity contribution >= 4 is 0 Å². The molecule has 0 amide bonds. The third kappa shape index (κ3) is 1.27. The lowest BCUT2D eigenvalue weighted by molar-refractivity contribution is 0.554. The van der Waals surface area contributed by atoms with Crippen molar-refractivity contribution in [3.8, 4) is 0 Å². The molecule has 0 saturated heterocycles. The molecule has 0 aromatic heterocycles. The highest BCUT2D eigenvalue weighted by Crippen LogP contribution is 2.33. The van der Waals surface area contributed by atoms with Crippen molar-refractivity contribution in [3.05, 3.63) is 22.9 Å². The average Bonchev–Trinajstić information content (AvgIpc) is 2.07. The van der Waals surface area contributed by atoms with Crippen molar-refractivity contribution in [2.24, 2.45) is 11.5 Å². The van der Waals surface area contributed by atoms with Crippen molar-refractivity contribution in [2.45, 2.75) is 38.1 Å². The summed E-state index contributed by atoms with van der Waals surface area (Å²) in [6.07, 6.45) is 7.79. The van der Waals surface area contributed by atoms with E-state index < -0.39 is 0 Å². The summed E-state index contributed by atoms with van der Waals surface area (Å²) >= 11 is 0. The van der Waals surface area contributed by atoms with Crippen LogP contribution in [0.1, 0.15) is 32.1 Å². The third-order valence-electron chi connectivity index (χ3n) is 2.87. The monoisotopic (exact) mass is 164 g/mol. The Labute approximate surface area is 73.3 Å². The van der Waals surface area contributed by atoms with Gasteiger partial charge in [-0.1, -0.05) is 11.6 Å². The summed E-state index contributed by atoms with van der Waals surface area (Å²) in [5, 5.41) is 0. The first-order valence-corrected chi connectivity index (χ1v) is 4.70. The predicted octanol–water partition coefficient (Wildman–Crippen LogP) is 1.43. The second-order valence-corrected chi connectivity index (χ2v) is 3.78. The molecule has 0 saturated carbocycles. The molecule has 0 heterocycles. The minimum Gasteiger partial charge on any atom is -0.399 e. The second kappa shape index (κ2) is 2.94. The highest BCUT2D eigenvalue weighted by molar-refractivity contribution is 5.38. The molecule has 2 nitrogen and oxygen atoms in total. The van der Waals surface area contributed by atoms with Crippen LogP contribution in [0, 0.1) is 0 Å². The number of nitrogens with two attached hydrogens (primary N) is 2. The van der Waals surface area contributed by atoms with E-state index in [0.717, 1.165) is 25.0 Å². The summed E-state index contributed by atoms with van der Waals surface area (Å²) in [6.45, 7) is 0. The van der Waals surface area contributed by atoms with E-state index in [2.05, 4.69) is 6.08 Å². The Bertz CT molecular complexity index is 251. The summed E-state index contributed by atoms with van der Waals surface area (Å²) in [5.74, 6) is 0. The summed E-state index contributed by atoms with van der Waals surface area (Å²) in [7, 11) is 0. The quantitative estimate of drug-likeness (QED) is 0.569. The third-order valence-corrected chi connectivity index (χ3v) is 2.87. The average molecular weight is 164 g/mol. The molecule has 0 aromatic rings. The number of rotatable bonds is 0. The maximum atomic E-state index is 5.90. The lowest BCUT2D eigenvalue weighted by Gasteiger charge is -2.27. The molecule has 12 heavy (non-hydrogen) atoms. The highest BCUT2D eigenvalue weighted by Gasteiger charge is 2.21. The molecule has 1 unspecified atom stereocenters. The van der Waals surface area contributed by atoms with Crippen LogP contribution in [0.4, 0.5) is 0 Å². The van der Waals surface area contributed by atoms with E-state index in [0.29, 0.717) is 6.04 Å². The van der Waals surface area contributed by atoms with Crippen molar-refractivity contribution < 1.29 is 0 Å². The molecule has 0 radical (unpaired) electrons. The lowest BCUT2D eigenvalue weighted by atomic mass is 9.82. The Kier molecular flexibility index (Phi) is 1.93. The minimum atomic E-state index is 0.341. The van der Waals surface area contributed by atoms with Crippen LogP contribution in [0.15, 0.2) is 22.9 Å². The molecular formula is C10H16N2. The summed E-state index contributed by atoms with van der Waals surface area (Å²) in [4.78, 5) is 0. The zero-order chi connectivity index (χ0) is 8.55. The molecule has 0 aliphatic heterocycles. The van der Waals surface area contributed by atoms with Crippen molar-refractivity contribution in [1.82, 2.24) is 0 Å². The fourth-order valence-electron chi connectivity index (χ4n) is 2.14. The second-order valence-electron chi connectivity index (χ2n) is 3.78. The maximum absolute atomic E-state index is 5.90. The standard InChI is InChI=1S/C10H16N2/c11-8-5-4-7-2-1-3-10(12)9(7)6-8/h3,8H,1-2,4-6,11-12H2. The van der Waals surface area contributed by atoms with Crippen LogP contribution in [0.3, 0.4) is 0 Å². The number of hydrogen-bond donors (Lipinski definition) is 2. The molecule has 4 N–H and O–H groups in total. The molecule has 2 rings (SSSR count). The molecule has 2 heteroatoms. The van der Waals surface area contributed by atoms with Gasteiger partial charge in [-0.05, 0) is 37.7 Å². The van der Waals surface area contributed by atoms with Crippen LogP contribution in [0.25, 0.3) is 0 Å². The first-order chi connectivity index (χ1) is 5.77. The van der Waals surface area contributed by atoms with Gasteiger partial charge in [0.05, 0.1) is 0 Å². The van der Waals surface area contributed by atoms with Gasteiger partial charge in [-0.15, -0.1) is 0 Å². The van der Waals surface area contributed by atoms with Crippen LogP contribution in [0.5, 0.6) is 0 Å². The van der Waals surface area contributed by atoms with Gasteiger partial charge >= 0.3 is 0 Å². The van der Waals surface area contributed by atoms with Gasteiger partial charge in [-0.2, -0.15) is 0 Å². The van der Waals surface area contributed by atoms with E-state index in [1.54, 1.807) is 5.57 Å². The van der Waals surface area contributed by atoms with Gasteiger partial charge < -0.3 is 11.5 Å². The lowest BCUT2D eigenvalue weighted by Crippen LogP contribution is -2.27. The minimum absolute atomic E-state index is 0.341. The van der Waals surface area contributed by atoms with E-state index in [1.165, 1.54) is 18.4 Å². The van der Waals surface area contributed by atoms with Gasteiger partial charge in [-0.3, -0.25) is 0 Å². The maximum Gasteiger partial charge on any atom is 0.0306 e. The molecule has 1 atom stereocenters. The summed E-state index contributed by atoms with van der Waals surface area (Å²) < 4.78 is 0. The zero-order valence-corrected chi connectivity index (χ0v) is 7.34. The van der Waals surface area contributed by atoms with Crippen LogP contribution in [-0.2, 0) is 0 Å². The molecule has 66 valence electrons. The van der Waals surface area contributed by atoms with Gasteiger partial charge in [-0.25, -0.2) is 0 Å². The summed E-state index contributed by atoms with van der Waals surface area (Å²) in [6, 6.07) is 0.341. The van der Waals surface area contributed by atoms with Crippen molar-refractivity contribution in [3.63, 3.8) is 0 Å². The normalized spacial score (nSPS) is 29.8. The SMILES string of the molecule is NC1=CCCC2=C1CC(N)CC2. The molecule has 0 spiro atoms. The van der Waals surface area contributed by atoms with E-state index >= 15 is 0 Å². The fourth-order valence-corrected chi connectivity index (χ4v) is 2.14. The molecule has 2 aliphatic rings. The Morgan fingerprint density at radius 2 is 2.17 bits per heavy atom. The Hall–Kier alpha value is -0.760. The van der Waals surface area contributed by atoms with E-state index in [-0.39, 0.29) is 0 Å². The molecular weight excluding hydrogens is 148 g/mol. The molecule has 2 aliphatic carbocycles. The van der Waals surface area contributed by atoms with Gasteiger partial charge in [0.25, 0.3) is 0 Å². The molecule has 0 bridgehead atoms. The zero-order valence-electron chi connectivity index (χ0n) is 7.34. The van der Waals surface area contributed by atoms with Crippen LogP contribution in [0.2, 0.25) is 0 Å². The first kappa shape index (κ1) is 7.87. The Balaban J connectivity index is 2.26. The molecule has 0 fully saturated rings. The Morgan fingerprint density at radius 3 is 3.00 bits per heavy atom. The highest BCUT2D eigenvalue weighted by atomic mass is 14.7. The van der Waals surface area contributed by atoms with Crippen molar-refractivity contribution in [1.29, 1.82) is 0 Å². The topological polar surface area (TPSA) is 52.0 Å². The van der Waals surface area contributed by atoms with E-state index in [1.807, 2.05) is 0 Å². The fraction of sp³-hybridized carbons (Fsp3) is 0.600. The molecule has 0 aromatic carbocycles. The van der Waals surface area contributed by atoms with E-state index in [4.69, 9.17) is 11.5 Å². The largest absolute Gasteiger partial charge is 0.399 e. The van der Waals surface area contributed by atoms with Crippen LogP contribution < -0.4 is 11.5 Å². The summed E-state index contributed by atoms with van der Waals surface area (Å²) in [5.41, 5.74) is 15.7. The Morgan fingerprint density at radius 1 is 1.33 bits per heavy atom. The van der Waals surface area contributed by atoms with Gasteiger partial charge in [0, 0.05) is 11.7 Å². The van der Waals surface area contributed by atoms with Crippen LogP contribution in [-0.4, -0.2) is 6.04 Å². The van der Waals surface area contributed by atoms with Crippen molar-refractivity contribution in [2.75, 3.05) is 0 Å². The predicted molar refractivity (Wildman–Crippen MR) is 50.4 cm³/mol. The first-order valence-electron chi connectivity index (χ1n) is 4.70. The van der Waals surface area contributed by atoms with Gasteiger partial charge in [0.15, 0.2) is 0 Å². The number of hydrogen-bond acceptors (Lipinski definition) is 2. The van der Waals surface area contributed by atoms with Gasteiger partial charge in [0.2, 0.25) is 0 Å². The van der Waals surface area contributed by atoms with Crippen LogP contribution >= 0.6 is 0 Å². The number of allylic oxidation sites excluding steroid dienone is 3. The smallest absolute Gasteiger partial charge is 0.0306 e. The van der Waals surface area contributed by atoms with Gasteiger partial charge in [0.1, 0.15) is 0 Å². The van der Waals surface area contributed by atoms with E-state index in [9.17, 15) is 0 Å².